The van der Waals surface area contributed by atoms with Crippen LogP contribution in [0.25, 0.3) is 0 Å². The van der Waals surface area contributed by atoms with Gasteiger partial charge in [0.1, 0.15) is 0 Å². The molecule has 3 aliphatic rings. The van der Waals surface area contributed by atoms with Crippen LogP contribution in [-0.4, -0.2) is 24.8 Å². The number of hydrogen-bond donors (Lipinski definition) is 0. The zero-order valence-electron chi connectivity index (χ0n) is 13.4. The molecule has 0 aromatic carbocycles. The molecule has 0 amide bonds. The van der Waals surface area contributed by atoms with Crippen LogP contribution in [0.4, 0.5) is 0 Å². The Morgan fingerprint density at radius 3 is 2.73 bits per heavy atom. The van der Waals surface area contributed by atoms with E-state index >= 15 is 0 Å². The van der Waals surface area contributed by atoms with Gasteiger partial charge >= 0.3 is 5.97 Å². The fourth-order valence-electron chi connectivity index (χ4n) is 3.77. The molecule has 0 aromatic heterocycles. The molecule has 0 N–H and O–H groups in total. The van der Waals surface area contributed by atoms with E-state index in [2.05, 4.69) is 12.2 Å². The molecule has 0 aliphatic heterocycles. The zero-order valence-corrected chi connectivity index (χ0v) is 13.4. The minimum Gasteiger partial charge on any atom is -0.463 e. The van der Waals surface area contributed by atoms with Gasteiger partial charge in [0, 0.05) is 12.0 Å². The summed E-state index contributed by atoms with van der Waals surface area (Å²) >= 11 is 0. The first-order chi connectivity index (χ1) is 10.8. The number of hydrogen-bond acceptors (Lipinski definition) is 3. The lowest BCUT2D eigenvalue weighted by Gasteiger charge is -2.43. The molecule has 22 heavy (non-hydrogen) atoms. The van der Waals surface area contributed by atoms with Crippen molar-refractivity contribution in [2.24, 2.45) is 11.8 Å². The van der Waals surface area contributed by atoms with Crippen LogP contribution in [0.15, 0.2) is 36.0 Å². The van der Waals surface area contributed by atoms with Crippen molar-refractivity contribution in [3.63, 3.8) is 0 Å². The molecule has 0 heterocycles. The van der Waals surface area contributed by atoms with Gasteiger partial charge < -0.3 is 9.47 Å². The van der Waals surface area contributed by atoms with Gasteiger partial charge in [-0.3, -0.25) is 0 Å². The average molecular weight is 302 g/mol. The highest BCUT2D eigenvalue weighted by Crippen LogP contribution is 2.43. The Kier molecular flexibility index (Phi) is 5.14. The first-order valence-corrected chi connectivity index (χ1v) is 8.66. The Labute approximate surface area is 133 Å². The minimum atomic E-state index is -0.241. The molecular formula is C19H26O3. The van der Waals surface area contributed by atoms with Crippen LogP contribution < -0.4 is 0 Å². The second-order valence-electron chi connectivity index (χ2n) is 6.49. The van der Waals surface area contributed by atoms with E-state index in [1.807, 2.05) is 19.1 Å². The Morgan fingerprint density at radius 2 is 2.05 bits per heavy atom. The van der Waals surface area contributed by atoms with Gasteiger partial charge in [-0.25, -0.2) is 4.79 Å². The standard InChI is InChI=1S/C19H26O3/c1-2-21-19(20)13-14-7-3-6-10-16(14)17-11-12-18(17)22-15-8-4-5-9-15/h3,6-7,10,13,15-18H,2,4-5,8-9,11-12H2,1H3. The van der Waals surface area contributed by atoms with Crippen LogP contribution in [0.2, 0.25) is 0 Å². The maximum absolute atomic E-state index is 11.8. The second-order valence-corrected chi connectivity index (χ2v) is 6.49. The molecule has 3 unspecified atom stereocenters. The Morgan fingerprint density at radius 1 is 1.23 bits per heavy atom. The summed E-state index contributed by atoms with van der Waals surface area (Å²) in [5, 5.41) is 0. The van der Waals surface area contributed by atoms with Gasteiger partial charge in [-0.05, 0) is 44.1 Å². The van der Waals surface area contributed by atoms with Crippen molar-refractivity contribution >= 4 is 5.97 Å². The van der Waals surface area contributed by atoms with Crippen LogP contribution in [0.5, 0.6) is 0 Å². The summed E-state index contributed by atoms with van der Waals surface area (Å²) < 4.78 is 11.4. The lowest BCUT2D eigenvalue weighted by molar-refractivity contribution is -0.137. The predicted molar refractivity (Wildman–Crippen MR) is 86.3 cm³/mol. The lowest BCUT2D eigenvalue weighted by atomic mass is 9.69. The fraction of sp³-hybridized carbons (Fsp3) is 0.632. The summed E-state index contributed by atoms with van der Waals surface area (Å²) in [6.07, 6.45) is 18.2. The second kappa shape index (κ2) is 7.28. The molecule has 3 heteroatoms. The van der Waals surface area contributed by atoms with Crippen molar-refractivity contribution in [3.05, 3.63) is 36.0 Å². The average Bonchev–Trinajstić information content (AvgIpc) is 2.99. The van der Waals surface area contributed by atoms with Crippen molar-refractivity contribution in [2.75, 3.05) is 6.61 Å². The summed E-state index contributed by atoms with van der Waals surface area (Å²) in [7, 11) is 0. The number of esters is 1. The van der Waals surface area contributed by atoms with E-state index in [1.54, 1.807) is 6.08 Å². The normalized spacial score (nSPS) is 33.1. The van der Waals surface area contributed by atoms with Crippen LogP contribution in [0.3, 0.4) is 0 Å². The molecule has 2 saturated carbocycles. The van der Waals surface area contributed by atoms with Crippen LogP contribution in [0.1, 0.15) is 45.4 Å². The van der Waals surface area contributed by atoms with Gasteiger partial charge in [0.15, 0.2) is 0 Å². The molecule has 3 atom stereocenters. The minimum absolute atomic E-state index is 0.241. The van der Waals surface area contributed by atoms with Gasteiger partial charge in [-0.15, -0.1) is 0 Å². The van der Waals surface area contributed by atoms with Crippen LogP contribution in [0, 0.1) is 11.8 Å². The SMILES string of the molecule is CCOC(=O)C=C1C=CC=CC1C1CCC1OC1CCCC1. The molecule has 0 saturated heterocycles. The quantitative estimate of drug-likeness (QED) is 0.569. The summed E-state index contributed by atoms with van der Waals surface area (Å²) in [6, 6.07) is 0. The highest BCUT2D eigenvalue weighted by Gasteiger charge is 2.39. The largest absolute Gasteiger partial charge is 0.463 e. The number of carbonyl (C=O) groups is 1. The van der Waals surface area contributed by atoms with Gasteiger partial charge in [0.2, 0.25) is 0 Å². The Balaban J connectivity index is 1.64. The van der Waals surface area contributed by atoms with Crippen LogP contribution >= 0.6 is 0 Å². The fourth-order valence-corrected chi connectivity index (χ4v) is 3.77. The summed E-state index contributed by atoms with van der Waals surface area (Å²) in [5.41, 5.74) is 1.06. The predicted octanol–water partition coefficient (Wildman–Crippen LogP) is 3.96. The van der Waals surface area contributed by atoms with Crippen LogP contribution in [-0.2, 0) is 14.3 Å². The lowest BCUT2D eigenvalue weighted by Crippen LogP contribution is -2.41. The summed E-state index contributed by atoms with van der Waals surface area (Å²) in [6.45, 7) is 2.26. The van der Waals surface area contributed by atoms with Gasteiger partial charge in [-0.1, -0.05) is 37.1 Å². The molecule has 3 rings (SSSR count). The van der Waals surface area contributed by atoms with E-state index in [1.165, 1.54) is 32.1 Å². The third-order valence-corrected chi connectivity index (χ3v) is 5.07. The molecule has 3 nitrogen and oxygen atoms in total. The van der Waals surface area contributed by atoms with Crippen molar-refractivity contribution < 1.29 is 14.3 Å². The van der Waals surface area contributed by atoms with Crippen molar-refractivity contribution in [3.8, 4) is 0 Å². The molecule has 0 spiro atoms. The molecule has 3 aliphatic carbocycles. The highest BCUT2D eigenvalue weighted by atomic mass is 16.5. The van der Waals surface area contributed by atoms with Crippen molar-refractivity contribution in [1.29, 1.82) is 0 Å². The molecule has 2 fully saturated rings. The van der Waals surface area contributed by atoms with Crippen molar-refractivity contribution in [1.82, 2.24) is 0 Å². The number of ether oxygens (including phenoxy) is 2. The third-order valence-electron chi connectivity index (χ3n) is 5.07. The van der Waals surface area contributed by atoms with Gasteiger partial charge in [-0.2, -0.15) is 0 Å². The number of rotatable bonds is 5. The highest BCUT2D eigenvalue weighted by molar-refractivity contribution is 5.83. The number of allylic oxidation sites excluding steroid dienone is 5. The summed E-state index contributed by atoms with van der Waals surface area (Å²) in [5.74, 6) is 0.548. The van der Waals surface area contributed by atoms with E-state index in [4.69, 9.17) is 9.47 Å². The first kappa shape index (κ1) is 15.5. The van der Waals surface area contributed by atoms with E-state index in [-0.39, 0.29) is 11.9 Å². The van der Waals surface area contributed by atoms with E-state index in [0.717, 1.165) is 12.0 Å². The topological polar surface area (TPSA) is 35.5 Å². The third kappa shape index (κ3) is 3.52. The van der Waals surface area contributed by atoms with Gasteiger partial charge in [0.25, 0.3) is 0 Å². The van der Waals surface area contributed by atoms with Gasteiger partial charge in [0.05, 0.1) is 18.8 Å². The van der Waals surface area contributed by atoms with E-state index < -0.39 is 0 Å². The smallest absolute Gasteiger partial charge is 0.331 e. The molecular weight excluding hydrogens is 276 g/mol. The first-order valence-electron chi connectivity index (χ1n) is 8.66. The maximum atomic E-state index is 11.8. The van der Waals surface area contributed by atoms with Crippen molar-refractivity contribution in [2.45, 2.75) is 57.7 Å². The Bertz CT molecular complexity index is 483. The molecule has 0 bridgehead atoms. The van der Waals surface area contributed by atoms with E-state index in [0.29, 0.717) is 24.7 Å². The van der Waals surface area contributed by atoms with E-state index in [9.17, 15) is 4.79 Å². The molecule has 0 aromatic rings. The molecule has 120 valence electrons. The zero-order chi connectivity index (χ0) is 15.4. The maximum Gasteiger partial charge on any atom is 0.331 e. The summed E-state index contributed by atoms with van der Waals surface area (Å²) in [4.78, 5) is 11.8. The number of carbonyl (C=O) groups excluding carboxylic acids is 1. The molecule has 0 radical (unpaired) electrons. The Hall–Kier alpha value is -1.35. The monoisotopic (exact) mass is 302 g/mol.